The van der Waals surface area contributed by atoms with E-state index in [1.54, 1.807) is 30.1 Å². The van der Waals surface area contributed by atoms with Crippen LogP contribution in [0.3, 0.4) is 0 Å². The van der Waals surface area contributed by atoms with Crippen LogP contribution in [-0.2, 0) is 7.05 Å². The van der Waals surface area contributed by atoms with Crippen LogP contribution >= 0.6 is 27.5 Å². The van der Waals surface area contributed by atoms with Gasteiger partial charge in [-0.2, -0.15) is 5.10 Å². The van der Waals surface area contributed by atoms with Gasteiger partial charge in [-0.25, -0.2) is 4.39 Å². The Hall–Kier alpha value is -0.910. The lowest BCUT2D eigenvalue weighted by atomic mass is 10.0. The largest absolute Gasteiger partial charge is 0.305 e. The van der Waals surface area contributed by atoms with Crippen LogP contribution in [0.25, 0.3) is 0 Å². The number of benzene rings is 1. The van der Waals surface area contributed by atoms with Gasteiger partial charge in [0.2, 0.25) is 0 Å². The third-order valence-corrected chi connectivity index (χ3v) is 3.86. The Morgan fingerprint density at radius 3 is 2.85 bits per heavy atom. The lowest BCUT2D eigenvalue weighted by Crippen LogP contribution is -2.26. The molecule has 20 heavy (non-hydrogen) atoms. The minimum atomic E-state index is -0.326. The van der Waals surface area contributed by atoms with E-state index >= 15 is 0 Å². The van der Waals surface area contributed by atoms with Crippen molar-refractivity contribution in [2.75, 3.05) is 6.54 Å². The Bertz CT molecular complexity index is 581. The van der Waals surface area contributed by atoms with Crippen LogP contribution in [-0.4, -0.2) is 16.3 Å². The molecule has 0 aliphatic rings. The Labute approximate surface area is 131 Å². The fourth-order valence-corrected chi connectivity index (χ4v) is 2.78. The molecule has 0 amide bonds. The highest BCUT2D eigenvalue weighted by atomic mass is 79.9. The zero-order valence-electron chi connectivity index (χ0n) is 11.3. The summed E-state index contributed by atoms with van der Waals surface area (Å²) in [7, 11) is 1.80. The fourth-order valence-electron chi connectivity index (χ4n) is 2.12. The monoisotopic (exact) mass is 359 g/mol. The molecule has 2 aromatic rings. The lowest BCUT2D eigenvalue weighted by molar-refractivity contribution is 0.520. The fraction of sp³-hybridized carbons (Fsp3) is 0.357. The maximum Gasteiger partial charge on any atom is 0.128 e. The average Bonchev–Trinajstić information content (AvgIpc) is 2.74. The van der Waals surface area contributed by atoms with Crippen molar-refractivity contribution in [3.8, 4) is 0 Å². The van der Waals surface area contributed by atoms with E-state index < -0.39 is 0 Å². The second kappa shape index (κ2) is 6.70. The van der Waals surface area contributed by atoms with E-state index in [4.69, 9.17) is 11.6 Å². The van der Waals surface area contributed by atoms with Gasteiger partial charge >= 0.3 is 0 Å². The normalized spacial score (nSPS) is 12.7. The molecular formula is C14H16BrClFN3. The van der Waals surface area contributed by atoms with Gasteiger partial charge in [-0.15, -0.1) is 0 Å². The van der Waals surface area contributed by atoms with Gasteiger partial charge in [0.25, 0.3) is 0 Å². The Morgan fingerprint density at radius 1 is 1.50 bits per heavy atom. The van der Waals surface area contributed by atoms with Crippen molar-refractivity contribution in [2.24, 2.45) is 7.05 Å². The van der Waals surface area contributed by atoms with Crippen molar-refractivity contribution >= 4 is 27.5 Å². The molecule has 0 saturated heterocycles. The summed E-state index contributed by atoms with van der Waals surface area (Å²) in [5, 5.41) is 7.99. The molecule has 6 heteroatoms. The smallest absolute Gasteiger partial charge is 0.128 e. The molecule has 1 N–H and O–H groups in total. The Morgan fingerprint density at radius 2 is 2.25 bits per heavy atom. The molecule has 1 aromatic carbocycles. The first kappa shape index (κ1) is 15.5. The summed E-state index contributed by atoms with van der Waals surface area (Å²) in [6, 6.07) is 4.57. The van der Waals surface area contributed by atoms with Crippen molar-refractivity contribution in [1.29, 1.82) is 0 Å². The molecule has 0 saturated carbocycles. The van der Waals surface area contributed by atoms with Gasteiger partial charge in [0, 0.05) is 17.1 Å². The molecule has 0 fully saturated rings. The highest BCUT2D eigenvalue weighted by molar-refractivity contribution is 9.10. The Kier molecular flexibility index (Phi) is 5.18. The van der Waals surface area contributed by atoms with Gasteiger partial charge in [0.15, 0.2) is 0 Å². The van der Waals surface area contributed by atoms with Crippen molar-refractivity contribution in [3.63, 3.8) is 0 Å². The van der Waals surface area contributed by atoms with E-state index in [1.807, 2.05) is 0 Å². The third kappa shape index (κ3) is 3.22. The third-order valence-electron chi connectivity index (χ3n) is 3.08. The van der Waals surface area contributed by atoms with Crippen LogP contribution in [0.15, 0.2) is 28.9 Å². The number of aromatic nitrogens is 2. The zero-order valence-corrected chi connectivity index (χ0v) is 13.7. The molecule has 0 spiro atoms. The van der Waals surface area contributed by atoms with Gasteiger partial charge in [0.05, 0.1) is 23.0 Å². The zero-order chi connectivity index (χ0) is 14.7. The van der Waals surface area contributed by atoms with Gasteiger partial charge in [-0.05, 0) is 31.2 Å². The summed E-state index contributed by atoms with van der Waals surface area (Å²) in [4.78, 5) is 0. The summed E-state index contributed by atoms with van der Waals surface area (Å²) in [5.74, 6) is -0.265. The van der Waals surface area contributed by atoms with E-state index in [0.29, 0.717) is 10.6 Å². The quantitative estimate of drug-likeness (QED) is 0.871. The highest BCUT2D eigenvalue weighted by Gasteiger charge is 2.23. The minimum Gasteiger partial charge on any atom is -0.305 e. The molecule has 0 aliphatic carbocycles. The second-order valence-corrected chi connectivity index (χ2v) is 5.88. The van der Waals surface area contributed by atoms with E-state index in [2.05, 4.69) is 33.3 Å². The molecule has 108 valence electrons. The van der Waals surface area contributed by atoms with Crippen molar-refractivity contribution in [1.82, 2.24) is 15.1 Å². The number of rotatable bonds is 5. The van der Waals surface area contributed by atoms with Crippen LogP contribution in [0.4, 0.5) is 4.39 Å². The molecule has 3 nitrogen and oxygen atoms in total. The van der Waals surface area contributed by atoms with E-state index in [-0.39, 0.29) is 11.9 Å². The summed E-state index contributed by atoms with van der Waals surface area (Å²) in [6.45, 7) is 2.82. The maximum absolute atomic E-state index is 14.2. The number of aryl methyl sites for hydroxylation is 1. The highest BCUT2D eigenvalue weighted by Crippen LogP contribution is 2.31. The SMILES string of the molecule is CCCNC(c1cc(Br)ccc1F)c1c(Cl)cnn1C. The molecular weight excluding hydrogens is 345 g/mol. The molecule has 1 aromatic heterocycles. The standard InChI is InChI=1S/C14H16BrClFN3/c1-3-6-18-13(14-11(16)8-19-20(14)2)10-7-9(15)4-5-12(10)17/h4-5,7-8,13,18H,3,6H2,1-2H3. The molecule has 0 aliphatic heterocycles. The molecule has 1 heterocycles. The summed E-state index contributed by atoms with van der Waals surface area (Å²) in [6.07, 6.45) is 2.52. The van der Waals surface area contributed by atoms with Crippen LogP contribution in [0.2, 0.25) is 5.02 Å². The number of hydrogen-bond donors (Lipinski definition) is 1. The summed E-state index contributed by atoms with van der Waals surface area (Å²) >= 11 is 9.59. The van der Waals surface area contributed by atoms with Gasteiger partial charge in [-0.1, -0.05) is 34.5 Å². The van der Waals surface area contributed by atoms with Gasteiger partial charge < -0.3 is 5.32 Å². The van der Waals surface area contributed by atoms with Crippen LogP contribution in [0.1, 0.15) is 30.6 Å². The number of hydrogen-bond acceptors (Lipinski definition) is 2. The summed E-state index contributed by atoms with van der Waals surface area (Å²) in [5.41, 5.74) is 1.32. The minimum absolute atomic E-state index is 0.265. The van der Waals surface area contributed by atoms with Crippen LogP contribution in [0.5, 0.6) is 0 Å². The van der Waals surface area contributed by atoms with Crippen molar-refractivity contribution in [3.05, 3.63) is 51.0 Å². The van der Waals surface area contributed by atoms with E-state index in [1.165, 1.54) is 6.07 Å². The number of nitrogens with one attached hydrogen (secondary N) is 1. The van der Waals surface area contributed by atoms with Crippen molar-refractivity contribution < 1.29 is 4.39 Å². The van der Waals surface area contributed by atoms with E-state index in [0.717, 1.165) is 23.1 Å². The maximum atomic E-state index is 14.2. The predicted molar refractivity (Wildman–Crippen MR) is 82.5 cm³/mol. The molecule has 1 unspecified atom stereocenters. The summed E-state index contributed by atoms with van der Waals surface area (Å²) < 4.78 is 16.7. The van der Waals surface area contributed by atoms with Crippen LogP contribution < -0.4 is 5.32 Å². The van der Waals surface area contributed by atoms with Crippen molar-refractivity contribution in [2.45, 2.75) is 19.4 Å². The first-order valence-corrected chi connectivity index (χ1v) is 7.57. The first-order chi connectivity index (χ1) is 9.54. The predicted octanol–water partition coefficient (Wildman–Crippen LogP) is 4.06. The van der Waals surface area contributed by atoms with E-state index in [9.17, 15) is 4.39 Å². The topological polar surface area (TPSA) is 29.9 Å². The number of nitrogens with zero attached hydrogens (tertiary/aromatic N) is 2. The molecule has 2 rings (SSSR count). The average molecular weight is 361 g/mol. The Balaban J connectivity index is 2.50. The number of halogens is 3. The second-order valence-electron chi connectivity index (χ2n) is 4.55. The van der Waals surface area contributed by atoms with Crippen LogP contribution in [0, 0.1) is 5.82 Å². The lowest BCUT2D eigenvalue weighted by Gasteiger charge is -2.21. The molecule has 0 bridgehead atoms. The molecule has 0 radical (unpaired) electrons. The molecule has 1 atom stereocenters. The first-order valence-electron chi connectivity index (χ1n) is 6.40. The van der Waals surface area contributed by atoms with Gasteiger partial charge in [0.1, 0.15) is 5.82 Å². The van der Waals surface area contributed by atoms with Gasteiger partial charge in [-0.3, -0.25) is 4.68 Å².